The zero-order chi connectivity index (χ0) is 16.6. The van der Waals surface area contributed by atoms with Crippen molar-refractivity contribution in [1.82, 2.24) is 0 Å². The predicted octanol–water partition coefficient (Wildman–Crippen LogP) is -1.12. The quantitative estimate of drug-likeness (QED) is 0.499. The maximum atomic E-state index is 10.5. The molecule has 0 radical (unpaired) electrons. The van der Waals surface area contributed by atoms with Crippen LogP contribution in [-0.4, -0.2) is 43.3 Å². The number of ether oxygens (including phenoxy) is 2. The molecule has 22 heavy (non-hydrogen) atoms. The molecule has 0 atom stereocenters. The summed E-state index contributed by atoms with van der Waals surface area (Å²) in [6.45, 7) is -0.527. The summed E-state index contributed by atoms with van der Waals surface area (Å²) in [7, 11) is -7.98. The molecule has 0 heterocycles. The van der Waals surface area contributed by atoms with Crippen LogP contribution in [0.5, 0.6) is 11.5 Å². The maximum absolute atomic E-state index is 10.5. The Morgan fingerprint density at radius 1 is 0.773 bits per heavy atom. The van der Waals surface area contributed by atoms with E-state index in [1.165, 1.54) is 6.07 Å². The van der Waals surface area contributed by atoms with E-state index in [9.17, 15) is 16.8 Å². The molecule has 0 fully saturated rings. The zero-order valence-electron chi connectivity index (χ0n) is 11.4. The monoisotopic (exact) mass is 356 g/mol. The minimum absolute atomic E-state index is 0.0333. The molecule has 0 unspecified atom stereocenters. The fourth-order valence-electron chi connectivity index (χ4n) is 1.27. The molecule has 0 aliphatic carbocycles. The van der Waals surface area contributed by atoms with Gasteiger partial charge in [-0.05, 0) is 12.1 Å². The molecular formula is C10H16N2O8S2. The van der Waals surface area contributed by atoms with Gasteiger partial charge in [0.25, 0.3) is 0 Å². The Hall–Kier alpha value is -1.44. The van der Waals surface area contributed by atoms with Crippen molar-refractivity contribution in [3.05, 3.63) is 24.3 Å². The summed E-state index contributed by atoms with van der Waals surface area (Å²) >= 11 is 0. The molecular weight excluding hydrogens is 340 g/mol. The molecule has 126 valence electrons. The highest BCUT2D eigenvalue weighted by Gasteiger charge is 2.04. The van der Waals surface area contributed by atoms with Crippen LogP contribution >= 0.6 is 0 Å². The van der Waals surface area contributed by atoms with Crippen molar-refractivity contribution in [2.45, 2.75) is 0 Å². The van der Waals surface area contributed by atoms with E-state index < -0.39 is 20.6 Å². The van der Waals surface area contributed by atoms with Crippen LogP contribution in [0.2, 0.25) is 0 Å². The number of hydrogen-bond acceptors (Lipinski definition) is 8. The summed E-state index contributed by atoms with van der Waals surface area (Å²) in [5, 5.41) is 9.30. The molecule has 0 saturated heterocycles. The Morgan fingerprint density at radius 2 is 1.18 bits per heavy atom. The van der Waals surface area contributed by atoms with Crippen molar-refractivity contribution in [3.8, 4) is 11.5 Å². The lowest BCUT2D eigenvalue weighted by atomic mass is 10.3. The van der Waals surface area contributed by atoms with E-state index in [1.54, 1.807) is 18.2 Å². The van der Waals surface area contributed by atoms with Crippen LogP contribution in [0.3, 0.4) is 0 Å². The lowest BCUT2D eigenvalue weighted by Crippen LogP contribution is -2.19. The summed E-state index contributed by atoms with van der Waals surface area (Å²) in [6.07, 6.45) is 0. The average molecular weight is 356 g/mol. The molecule has 4 N–H and O–H groups in total. The van der Waals surface area contributed by atoms with Gasteiger partial charge in [-0.1, -0.05) is 6.07 Å². The molecule has 0 aromatic heterocycles. The fourth-order valence-corrected chi connectivity index (χ4v) is 1.87. The van der Waals surface area contributed by atoms with E-state index in [-0.39, 0.29) is 26.4 Å². The second-order valence-corrected chi connectivity index (χ2v) is 6.24. The zero-order valence-corrected chi connectivity index (χ0v) is 13.0. The molecule has 0 amide bonds. The standard InChI is InChI=1S/C10H16N2O8S2/c11-21(13,14)19-6-4-17-9-2-1-3-10(8-9)18-5-7-20-22(12,15)16/h1-3,8H,4-7H2,(H2,11,13,14)(H2,12,15,16). The van der Waals surface area contributed by atoms with E-state index in [1.807, 2.05) is 0 Å². The highest BCUT2D eigenvalue weighted by atomic mass is 32.2. The van der Waals surface area contributed by atoms with Gasteiger partial charge in [0, 0.05) is 6.07 Å². The third-order valence-corrected chi connectivity index (χ3v) is 3.00. The van der Waals surface area contributed by atoms with Gasteiger partial charge in [-0.25, -0.2) is 10.3 Å². The van der Waals surface area contributed by atoms with Crippen LogP contribution in [-0.2, 0) is 29.0 Å². The van der Waals surface area contributed by atoms with Crippen molar-refractivity contribution in [1.29, 1.82) is 0 Å². The molecule has 1 rings (SSSR count). The first kappa shape index (κ1) is 18.6. The Labute approximate surface area is 128 Å². The Kier molecular flexibility index (Phi) is 6.99. The van der Waals surface area contributed by atoms with Gasteiger partial charge in [-0.15, -0.1) is 0 Å². The van der Waals surface area contributed by atoms with Gasteiger partial charge < -0.3 is 9.47 Å². The minimum Gasteiger partial charge on any atom is -0.491 e. The molecule has 0 spiro atoms. The molecule has 0 aliphatic rings. The second-order valence-electron chi connectivity index (χ2n) is 3.80. The minimum atomic E-state index is -3.99. The van der Waals surface area contributed by atoms with Crippen LogP contribution in [0.25, 0.3) is 0 Å². The Balaban J connectivity index is 2.36. The van der Waals surface area contributed by atoms with Crippen LogP contribution in [0.4, 0.5) is 0 Å². The first-order valence-corrected chi connectivity index (χ1v) is 8.80. The number of nitrogens with two attached hydrogens (primary N) is 2. The first-order valence-electron chi connectivity index (χ1n) is 5.86. The third kappa shape index (κ3) is 9.49. The van der Waals surface area contributed by atoms with Crippen LogP contribution in [0.1, 0.15) is 0 Å². The van der Waals surface area contributed by atoms with Gasteiger partial charge in [0.2, 0.25) is 0 Å². The smallest absolute Gasteiger partial charge is 0.333 e. The van der Waals surface area contributed by atoms with Gasteiger partial charge in [-0.3, -0.25) is 8.37 Å². The van der Waals surface area contributed by atoms with E-state index in [4.69, 9.17) is 9.47 Å². The Morgan fingerprint density at radius 3 is 1.55 bits per heavy atom. The largest absolute Gasteiger partial charge is 0.491 e. The average Bonchev–Trinajstić information content (AvgIpc) is 2.38. The van der Waals surface area contributed by atoms with Crippen molar-refractivity contribution in [2.24, 2.45) is 10.3 Å². The summed E-state index contributed by atoms with van der Waals surface area (Å²) in [4.78, 5) is 0. The van der Waals surface area contributed by atoms with Crippen molar-refractivity contribution in [2.75, 3.05) is 26.4 Å². The summed E-state index contributed by atoms with van der Waals surface area (Å²) < 4.78 is 61.2. The molecule has 0 aliphatic heterocycles. The van der Waals surface area contributed by atoms with Crippen molar-refractivity contribution < 1.29 is 34.7 Å². The lowest BCUT2D eigenvalue weighted by molar-refractivity contribution is 0.214. The predicted molar refractivity (Wildman–Crippen MR) is 75.6 cm³/mol. The van der Waals surface area contributed by atoms with Crippen LogP contribution in [0, 0.1) is 0 Å². The van der Waals surface area contributed by atoms with Crippen molar-refractivity contribution >= 4 is 20.6 Å². The van der Waals surface area contributed by atoms with Gasteiger partial charge >= 0.3 is 20.6 Å². The summed E-state index contributed by atoms with van der Waals surface area (Å²) in [6, 6.07) is 6.38. The van der Waals surface area contributed by atoms with Crippen molar-refractivity contribution in [3.63, 3.8) is 0 Å². The van der Waals surface area contributed by atoms with E-state index >= 15 is 0 Å². The fraction of sp³-hybridized carbons (Fsp3) is 0.400. The van der Waals surface area contributed by atoms with E-state index in [2.05, 4.69) is 18.6 Å². The number of hydrogen-bond donors (Lipinski definition) is 2. The third-order valence-electron chi connectivity index (χ3n) is 2.00. The van der Waals surface area contributed by atoms with Gasteiger partial charge in [0.05, 0.1) is 0 Å². The SMILES string of the molecule is NS(=O)(=O)OCCOc1cccc(OCCOS(N)(=O)=O)c1. The molecule has 1 aromatic rings. The molecule has 0 bridgehead atoms. The van der Waals surface area contributed by atoms with Gasteiger partial charge in [0.15, 0.2) is 0 Å². The van der Waals surface area contributed by atoms with Gasteiger partial charge in [-0.2, -0.15) is 16.8 Å². The van der Waals surface area contributed by atoms with Crippen LogP contribution < -0.4 is 19.8 Å². The summed E-state index contributed by atoms with van der Waals surface area (Å²) in [5.74, 6) is 0.811. The first-order chi connectivity index (χ1) is 10.2. The normalized spacial score (nSPS) is 12.1. The molecule has 12 heteroatoms. The second kappa shape index (κ2) is 8.26. The maximum Gasteiger partial charge on any atom is 0.333 e. The molecule has 1 aromatic carbocycles. The summed E-state index contributed by atoms with van der Waals surface area (Å²) in [5.41, 5.74) is 0. The number of rotatable bonds is 10. The lowest BCUT2D eigenvalue weighted by Gasteiger charge is -2.09. The Bertz CT molecular complexity index is 619. The highest BCUT2D eigenvalue weighted by molar-refractivity contribution is 7.84. The van der Waals surface area contributed by atoms with Gasteiger partial charge in [0.1, 0.15) is 37.9 Å². The number of benzene rings is 1. The van der Waals surface area contributed by atoms with E-state index in [0.29, 0.717) is 11.5 Å². The molecule has 0 saturated carbocycles. The van der Waals surface area contributed by atoms with Crippen LogP contribution in [0.15, 0.2) is 24.3 Å². The van der Waals surface area contributed by atoms with E-state index in [0.717, 1.165) is 0 Å². The molecule has 10 nitrogen and oxygen atoms in total. The highest BCUT2D eigenvalue weighted by Crippen LogP contribution is 2.19. The topological polar surface area (TPSA) is 157 Å².